The SMILES string of the molecule is COc1cccc(CNC(=O)COC(=O)c2ccc(F)c(Cl)c2)c1OC. The minimum atomic E-state index is -0.777. The molecule has 0 atom stereocenters. The van der Waals surface area contributed by atoms with E-state index in [0.29, 0.717) is 17.1 Å². The molecule has 0 saturated heterocycles. The second kappa shape index (κ2) is 9.05. The molecule has 2 aromatic carbocycles. The fourth-order valence-electron chi connectivity index (χ4n) is 2.18. The van der Waals surface area contributed by atoms with Gasteiger partial charge in [-0.3, -0.25) is 4.79 Å². The lowest BCUT2D eigenvalue weighted by molar-refractivity contribution is -0.124. The van der Waals surface area contributed by atoms with E-state index in [0.717, 1.165) is 12.1 Å². The van der Waals surface area contributed by atoms with Crippen molar-refractivity contribution in [2.24, 2.45) is 0 Å². The maximum Gasteiger partial charge on any atom is 0.338 e. The summed E-state index contributed by atoms with van der Waals surface area (Å²) in [5.74, 6) is -0.877. The van der Waals surface area contributed by atoms with E-state index in [-0.39, 0.29) is 17.1 Å². The van der Waals surface area contributed by atoms with Crippen molar-refractivity contribution in [2.45, 2.75) is 6.54 Å². The van der Waals surface area contributed by atoms with Crippen molar-refractivity contribution in [3.63, 3.8) is 0 Å². The molecule has 0 unspecified atom stereocenters. The van der Waals surface area contributed by atoms with Gasteiger partial charge in [-0.05, 0) is 24.3 Å². The number of carbonyl (C=O) groups is 2. The highest BCUT2D eigenvalue weighted by atomic mass is 35.5. The van der Waals surface area contributed by atoms with Crippen molar-refractivity contribution in [3.8, 4) is 11.5 Å². The number of carbonyl (C=O) groups excluding carboxylic acids is 2. The molecule has 0 aliphatic carbocycles. The van der Waals surface area contributed by atoms with Gasteiger partial charge in [0, 0.05) is 12.1 Å². The predicted molar refractivity (Wildman–Crippen MR) is 93.1 cm³/mol. The third-order valence-electron chi connectivity index (χ3n) is 3.45. The van der Waals surface area contributed by atoms with Crippen LogP contribution < -0.4 is 14.8 Å². The summed E-state index contributed by atoms with van der Waals surface area (Å²) in [6.07, 6.45) is 0. The van der Waals surface area contributed by atoms with Gasteiger partial charge in [0.25, 0.3) is 5.91 Å². The Labute approximate surface area is 154 Å². The number of para-hydroxylation sites is 1. The van der Waals surface area contributed by atoms with Crippen LogP contribution in [0.15, 0.2) is 36.4 Å². The molecule has 0 spiro atoms. The number of esters is 1. The van der Waals surface area contributed by atoms with Crippen molar-refractivity contribution in [1.82, 2.24) is 5.32 Å². The van der Waals surface area contributed by atoms with Crippen molar-refractivity contribution >= 4 is 23.5 Å². The van der Waals surface area contributed by atoms with Gasteiger partial charge in [0.2, 0.25) is 0 Å². The van der Waals surface area contributed by atoms with Gasteiger partial charge in [-0.2, -0.15) is 0 Å². The Hall–Kier alpha value is -2.80. The van der Waals surface area contributed by atoms with Gasteiger partial charge in [0.1, 0.15) is 5.82 Å². The number of hydrogen-bond donors (Lipinski definition) is 1. The van der Waals surface area contributed by atoms with Crippen LogP contribution in [0.5, 0.6) is 11.5 Å². The Kier molecular flexibility index (Phi) is 6.80. The molecule has 0 radical (unpaired) electrons. The van der Waals surface area contributed by atoms with Gasteiger partial charge >= 0.3 is 5.97 Å². The number of benzene rings is 2. The second-order valence-electron chi connectivity index (χ2n) is 5.13. The smallest absolute Gasteiger partial charge is 0.338 e. The highest BCUT2D eigenvalue weighted by Gasteiger charge is 2.14. The summed E-state index contributed by atoms with van der Waals surface area (Å²) in [6.45, 7) is -0.320. The van der Waals surface area contributed by atoms with Crippen LogP contribution in [0.4, 0.5) is 4.39 Å². The molecule has 8 heteroatoms. The highest BCUT2D eigenvalue weighted by molar-refractivity contribution is 6.31. The van der Waals surface area contributed by atoms with Gasteiger partial charge in [-0.15, -0.1) is 0 Å². The minimum Gasteiger partial charge on any atom is -0.493 e. The van der Waals surface area contributed by atoms with Gasteiger partial charge < -0.3 is 19.5 Å². The molecule has 1 N–H and O–H groups in total. The Morgan fingerprint density at radius 1 is 1.15 bits per heavy atom. The first-order chi connectivity index (χ1) is 12.5. The fourth-order valence-corrected chi connectivity index (χ4v) is 2.36. The summed E-state index contributed by atoms with van der Waals surface area (Å²) in [5, 5.41) is 2.41. The standard InChI is InChI=1S/C18H17ClFNO5/c1-24-15-5-3-4-12(17(15)25-2)9-21-16(22)10-26-18(23)11-6-7-14(20)13(19)8-11/h3-8H,9-10H2,1-2H3,(H,21,22). The van der Waals surface area contributed by atoms with Crippen molar-refractivity contribution in [2.75, 3.05) is 20.8 Å². The number of methoxy groups -OCH3 is 2. The second-order valence-corrected chi connectivity index (χ2v) is 5.54. The van der Waals surface area contributed by atoms with E-state index in [1.807, 2.05) is 0 Å². The first-order valence-corrected chi connectivity index (χ1v) is 7.92. The zero-order chi connectivity index (χ0) is 19.1. The van der Waals surface area contributed by atoms with Crippen LogP contribution in [-0.2, 0) is 16.1 Å². The summed E-state index contributed by atoms with van der Waals surface area (Å²) < 4.78 is 28.4. The normalized spacial score (nSPS) is 10.2. The number of hydrogen-bond acceptors (Lipinski definition) is 5. The summed E-state index contributed by atoms with van der Waals surface area (Å²) in [4.78, 5) is 23.7. The number of rotatable bonds is 7. The van der Waals surface area contributed by atoms with Crippen LogP contribution in [0.3, 0.4) is 0 Å². The molecule has 2 aromatic rings. The molecule has 1 amide bonds. The predicted octanol–water partition coefficient (Wildman–Crippen LogP) is 2.97. The van der Waals surface area contributed by atoms with Crippen molar-refractivity contribution in [1.29, 1.82) is 0 Å². The monoisotopic (exact) mass is 381 g/mol. The first kappa shape index (κ1) is 19.5. The Bertz CT molecular complexity index is 812. The zero-order valence-corrected chi connectivity index (χ0v) is 14.9. The van der Waals surface area contributed by atoms with E-state index in [4.69, 9.17) is 25.8 Å². The Morgan fingerprint density at radius 2 is 1.92 bits per heavy atom. The molecule has 138 valence electrons. The molecule has 0 aliphatic rings. The number of amides is 1. The highest BCUT2D eigenvalue weighted by Crippen LogP contribution is 2.30. The van der Waals surface area contributed by atoms with Gasteiger partial charge in [0.05, 0.1) is 24.8 Å². The van der Waals surface area contributed by atoms with E-state index in [1.165, 1.54) is 20.3 Å². The molecular formula is C18H17ClFNO5. The molecule has 0 bridgehead atoms. The average molecular weight is 382 g/mol. The van der Waals surface area contributed by atoms with E-state index >= 15 is 0 Å². The molecule has 6 nitrogen and oxygen atoms in total. The number of nitrogens with one attached hydrogen (secondary N) is 1. The van der Waals surface area contributed by atoms with Crippen LogP contribution in [0.1, 0.15) is 15.9 Å². The molecule has 26 heavy (non-hydrogen) atoms. The fraction of sp³-hybridized carbons (Fsp3) is 0.222. The number of ether oxygens (including phenoxy) is 3. The molecular weight excluding hydrogens is 365 g/mol. The molecule has 0 fully saturated rings. The summed E-state index contributed by atoms with van der Waals surface area (Å²) in [5.41, 5.74) is 0.760. The van der Waals surface area contributed by atoms with Gasteiger partial charge in [-0.1, -0.05) is 23.7 Å². The molecule has 0 heterocycles. The van der Waals surface area contributed by atoms with E-state index in [2.05, 4.69) is 5.32 Å². The van der Waals surface area contributed by atoms with E-state index in [9.17, 15) is 14.0 Å². The number of halogens is 2. The molecule has 0 saturated carbocycles. The Balaban J connectivity index is 1.89. The minimum absolute atomic E-state index is 0.0543. The maximum absolute atomic E-state index is 13.1. The third-order valence-corrected chi connectivity index (χ3v) is 3.74. The van der Waals surface area contributed by atoms with Crippen molar-refractivity contribution in [3.05, 3.63) is 58.4 Å². The Morgan fingerprint density at radius 3 is 2.58 bits per heavy atom. The summed E-state index contributed by atoms with van der Waals surface area (Å²) in [7, 11) is 3.01. The lowest BCUT2D eigenvalue weighted by atomic mass is 10.2. The quantitative estimate of drug-likeness (QED) is 0.746. The van der Waals surface area contributed by atoms with Gasteiger partial charge in [-0.25, -0.2) is 9.18 Å². The zero-order valence-electron chi connectivity index (χ0n) is 14.2. The summed E-state index contributed by atoms with van der Waals surface area (Å²) in [6, 6.07) is 8.68. The topological polar surface area (TPSA) is 73.9 Å². The molecule has 0 aromatic heterocycles. The van der Waals surface area contributed by atoms with Crippen LogP contribution in [-0.4, -0.2) is 32.7 Å². The van der Waals surface area contributed by atoms with Crippen LogP contribution >= 0.6 is 11.6 Å². The van der Waals surface area contributed by atoms with Crippen LogP contribution in [0.25, 0.3) is 0 Å². The van der Waals surface area contributed by atoms with Crippen LogP contribution in [0.2, 0.25) is 5.02 Å². The van der Waals surface area contributed by atoms with Crippen molar-refractivity contribution < 1.29 is 28.2 Å². The third kappa shape index (κ3) is 4.86. The largest absolute Gasteiger partial charge is 0.493 e. The maximum atomic E-state index is 13.1. The summed E-state index contributed by atoms with van der Waals surface area (Å²) >= 11 is 5.61. The molecule has 0 aliphatic heterocycles. The van der Waals surface area contributed by atoms with Crippen LogP contribution in [0, 0.1) is 5.82 Å². The lowest BCUT2D eigenvalue weighted by Gasteiger charge is -2.13. The lowest BCUT2D eigenvalue weighted by Crippen LogP contribution is -2.28. The first-order valence-electron chi connectivity index (χ1n) is 7.55. The van der Waals surface area contributed by atoms with E-state index < -0.39 is 24.3 Å². The van der Waals surface area contributed by atoms with Gasteiger partial charge in [0.15, 0.2) is 18.1 Å². The average Bonchev–Trinajstić information content (AvgIpc) is 2.65. The molecule has 2 rings (SSSR count). The van der Waals surface area contributed by atoms with E-state index in [1.54, 1.807) is 18.2 Å².